The van der Waals surface area contributed by atoms with E-state index in [0.717, 1.165) is 42.7 Å². The molecule has 2 fully saturated rings. The standard InChI is InChI=1S/C31H39F6N3O3/c1-21-5-6-23(13-22(21)2)14-27-18-38(7-4-8-39-11-12-43-20-28(39)19-42-3)9-10-40(27)29(41)24-15-25(30(32,33)34)17-26(16-24)31(35,36)37/h5-6,13,15-17,27-28H,4,7-12,14,18-20H2,1-3H3/t27?,28-/m1/s1. The van der Waals surface area contributed by atoms with E-state index in [2.05, 4.69) is 9.80 Å². The minimum absolute atomic E-state index is 0.0485. The van der Waals surface area contributed by atoms with Crippen molar-refractivity contribution in [3.05, 3.63) is 69.8 Å². The van der Waals surface area contributed by atoms with Crippen LogP contribution in [0.1, 0.15) is 44.6 Å². The van der Waals surface area contributed by atoms with Gasteiger partial charge in [0.1, 0.15) is 0 Å². The molecule has 1 amide bonds. The molecule has 0 N–H and O–H groups in total. The van der Waals surface area contributed by atoms with E-state index in [9.17, 15) is 31.1 Å². The lowest BCUT2D eigenvalue weighted by Crippen LogP contribution is -2.56. The van der Waals surface area contributed by atoms with Crippen molar-refractivity contribution in [2.75, 3.05) is 66.2 Å². The highest BCUT2D eigenvalue weighted by Gasteiger charge is 2.39. The van der Waals surface area contributed by atoms with Crippen LogP contribution in [0.25, 0.3) is 0 Å². The number of carbonyl (C=O) groups is 1. The van der Waals surface area contributed by atoms with Crippen LogP contribution >= 0.6 is 0 Å². The number of nitrogens with zero attached hydrogens (tertiary/aromatic N) is 3. The van der Waals surface area contributed by atoms with Crippen molar-refractivity contribution in [1.29, 1.82) is 0 Å². The van der Waals surface area contributed by atoms with E-state index >= 15 is 0 Å². The Morgan fingerprint density at radius 3 is 2.23 bits per heavy atom. The molecule has 2 atom stereocenters. The molecule has 43 heavy (non-hydrogen) atoms. The SMILES string of the molecule is COC[C@@H]1COCCN1CCCN1CCN(C(=O)c2cc(C(F)(F)F)cc(C(F)(F)F)c2)C(Cc2ccc(C)c(C)c2)C1. The third-order valence-electron chi connectivity index (χ3n) is 8.33. The number of morpholine rings is 1. The largest absolute Gasteiger partial charge is 0.416 e. The van der Waals surface area contributed by atoms with Crippen LogP contribution in [0.15, 0.2) is 36.4 Å². The number of piperazine rings is 1. The molecule has 1 unspecified atom stereocenters. The minimum Gasteiger partial charge on any atom is -0.383 e. The normalized spacial score (nSPS) is 20.9. The van der Waals surface area contributed by atoms with Gasteiger partial charge in [-0.2, -0.15) is 26.3 Å². The molecule has 0 aliphatic carbocycles. The van der Waals surface area contributed by atoms with Crippen LogP contribution < -0.4 is 0 Å². The predicted octanol–water partition coefficient (Wildman–Crippen LogP) is 5.45. The highest BCUT2D eigenvalue weighted by molar-refractivity contribution is 5.95. The molecule has 2 aliphatic rings. The maximum Gasteiger partial charge on any atom is 0.416 e. The second-order valence-electron chi connectivity index (χ2n) is 11.4. The van der Waals surface area contributed by atoms with Crippen LogP contribution in [0.4, 0.5) is 26.3 Å². The first-order valence-electron chi connectivity index (χ1n) is 14.5. The Hall–Kier alpha value is -2.67. The van der Waals surface area contributed by atoms with Crippen LogP contribution in [0.2, 0.25) is 0 Å². The van der Waals surface area contributed by atoms with E-state index in [0.29, 0.717) is 51.5 Å². The van der Waals surface area contributed by atoms with Gasteiger partial charge in [-0.1, -0.05) is 18.2 Å². The molecule has 238 valence electrons. The fourth-order valence-electron chi connectivity index (χ4n) is 5.84. The molecule has 2 heterocycles. The van der Waals surface area contributed by atoms with E-state index in [-0.39, 0.29) is 18.7 Å². The number of halogens is 6. The maximum atomic E-state index is 13.6. The van der Waals surface area contributed by atoms with Crippen molar-refractivity contribution in [2.24, 2.45) is 0 Å². The summed E-state index contributed by atoms with van der Waals surface area (Å²) >= 11 is 0. The van der Waals surface area contributed by atoms with Gasteiger partial charge in [-0.3, -0.25) is 14.6 Å². The number of carbonyl (C=O) groups excluding carboxylic acids is 1. The zero-order valence-corrected chi connectivity index (χ0v) is 24.7. The molecule has 0 aromatic heterocycles. The number of alkyl halides is 6. The predicted molar refractivity (Wildman–Crippen MR) is 150 cm³/mol. The molecule has 6 nitrogen and oxygen atoms in total. The highest BCUT2D eigenvalue weighted by Crippen LogP contribution is 2.37. The molecule has 0 spiro atoms. The van der Waals surface area contributed by atoms with Gasteiger partial charge < -0.3 is 14.4 Å². The summed E-state index contributed by atoms with van der Waals surface area (Å²) in [5, 5.41) is 0. The van der Waals surface area contributed by atoms with E-state index in [1.807, 2.05) is 32.0 Å². The molecular formula is C31H39F6N3O3. The molecule has 2 aliphatic heterocycles. The number of methoxy groups -OCH3 is 1. The number of benzene rings is 2. The van der Waals surface area contributed by atoms with Crippen LogP contribution in [-0.2, 0) is 28.2 Å². The molecule has 4 rings (SSSR count). The molecule has 0 bridgehead atoms. The average Bonchev–Trinajstić information content (AvgIpc) is 2.95. The molecule has 0 radical (unpaired) electrons. The quantitative estimate of drug-likeness (QED) is 0.352. The van der Waals surface area contributed by atoms with Gasteiger partial charge in [0.05, 0.1) is 37.0 Å². The Labute approximate surface area is 248 Å². The van der Waals surface area contributed by atoms with Gasteiger partial charge in [-0.25, -0.2) is 0 Å². The first-order chi connectivity index (χ1) is 20.3. The molecule has 2 aromatic carbocycles. The van der Waals surface area contributed by atoms with Gasteiger partial charge in [-0.15, -0.1) is 0 Å². The Bertz CT molecular complexity index is 1220. The van der Waals surface area contributed by atoms with Gasteiger partial charge in [0, 0.05) is 44.9 Å². The van der Waals surface area contributed by atoms with Gasteiger partial charge in [-0.05, 0) is 74.7 Å². The van der Waals surface area contributed by atoms with Crippen molar-refractivity contribution in [2.45, 2.75) is 51.1 Å². The Balaban J connectivity index is 1.54. The van der Waals surface area contributed by atoms with E-state index in [1.54, 1.807) is 7.11 Å². The Morgan fingerprint density at radius 1 is 0.907 bits per heavy atom. The smallest absolute Gasteiger partial charge is 0.383 e. The first kappa shape index (κ1) is 33.2. The molecule has 0 saturated carbocycles. The number of hydrogen-bond donors (Lipinski definition) is 0. The number of amides is 1. The number of aryl methyl sites for hydroxylation is 2. The fraction of sp³-hybridized carbons (Fsp3) is 0.581. The monoisotopic (exact) mass is 615 g/mol. The first-order valence-corrected chi connectivity index (χ1v) is 14.5. The summed E-state index contributed by atoms with van der Waals surface area (Å²) in [5.74, 6) is -0.833. The zero-order chi connectivity index (χ0) is 31.4. The van der Waals surface area contributed by atoms with Crippen LogP contribution in [0, 0.1) is 13.8 Å². The van der Waals surface area contributed by atoms with Crippen molar-refractivity contribution in [3.63, 3.8) is 0 Å². The van der Waals surface area contributed by atoms with Crippen LogP contribution in [0.3, 0.4) is 0 Å². The topological polar surface area (TPSA) is 45.3 Å². The maximum absolute atomic E-state index is 13.6. The van der Waals surface area contributed by atoms with Crippen LogP contribution in [-0.4, -0.2) is 98.9 Å². The summed E-state index contributed by atoms with van der Waals surface area (Å²) in [4.78, 5) is 19.6. The third-order valence-corrected chi connectivity index (χ3v) is 8.33. The Morgan fingerprint density at radius 2 is 1.60 bits per heavy atom. The van der Waals surface area contributed by atoms with E-state index < -0.39 is 41.0 Å². The summed E-state index contributed by atoms with van der Waals surface area (Å²) in [6.45, 7) is 9.28. The zero-order valence-electron chi connectivity index (χ0n) is 24.7. The highest BCUT2D eigenvalue weighted by atomic mass is 19.4. The number of hydrogen-bond acceptors (Lipinski definition) is 5. The lowest BCUT2D eigenvalue weighted by atomic mass is 9.97. The minimum atomic E-state index is -5.03. The van der Waals surface area contributed by atoms with E-state index in [4.69, 9.17) is 9.47 Å². The Kier molecular flexibility index (Phi) is 10.8. The van der Waals surface area contributed by atoms with Gasteiger partial charge >= 0.3 is 12.4 Å². The molecule has 12 heteroatoms. The summed E-state index contributed by atoms with van der Waals surface area (Å²) in [6, 6.07) is 6.77. The fourth-order valence-corrected chi connectivity index (χ4v) is 5.84. The van der Waals surface area contributed by atoms with Crippen LogP contribution in [0.5, 0.6) is 0 Å². The summed E-state index contributed by atoms with van der Waals surface area (Å²) in [6.07, 6.45) is -8.78. The summed E-state index contributed by atoms with van der Waals surface area (Å²) in [5.41, 5.74) is -0.497. The summed E-state index contributed by atoms with van der Waals surface area (Å²) < 4.78 is 92.1. The third kappa shape index (κ3) is 8.71. The van der Waals surface area contributed by atoms with Gasteiger partial charge in [0.15, 0.2) is 0 Å². The van der Waals surface area contributed by atoms with Crippen molar-refractivity contribution >= 4 is 5.91 Å². The molecule has 2 aromatic rings. The van der Waals surface area contributed by atoms with Crippen molar-refractivity contribution in [1.82, 2.24) is 14.7 Å². The number of ether oxygens (including phenoxy) is 2. The summed E-state index contributed by atoms with van der Waals surface area (Å²) in [7, 11) is 1.66. The molecular weight excluding hydrogens is 576 g/mol. The average molecular weight is 616 g/mol. The van der Waals surface area contributed by atoms with Gasteiger partial charge in [0.25, 0.3) is 5.91 Å². The lowest BCUT2D eigenvalue weighted by Gasteiger charge is -2.42. The second kappa shape index (κ2) is 14.0. The number of rotatable bonds is 9. The van der Waals surface area contributed by atoms with Crippen molar-refractivity contribution in [3.8, 4) is 0 Å². The van der Waals surface area contributed by atoms with Crippen molar-refractivity contribution < 1.29 is 40.6 Å². The second-order valence-corrected chi connectivity index (χ2v) is 11.4. The lowest BCUT2D eigenvalue weighted by molar-refractivity contribution is -0.143. The molecule has 2 saturated heterocycles. The van der Waals surface area contributed by atoms with E-state index in [1.165, 1.54) is 4.90 Å². The van der Waals surface area contributed by atoms with Gasteiger partial charge in [0.2, 0.25) is 0 Å².